The van der Waals surface area contributed by atoms with Gasteiger partial charge in [-0.2, -0.15) is 5.10 Å². The Bertz CT molecular complexity index is 1500. The van der Waals surface area contributed by atoms with Crippen LogP contribution in [0.4, 0.5) is 10.1 Å². The minimum absolute atomic E-state index is 0.0546. The molecular weight excluding hydrogens is 429 g/mol. The number of hydrogen-bond acceptors (Lipinski definition) is 6. The minimum Gasteiger partial charge on any atom is -0.508 e. The van der Waals surface area contributed by atoms with Crippen molar-refractivity contribution in [3.63, 3.8) is 0 Å². The Balaban J connectivity index is 1.68. The van der Waals surface area contributed by atoms with Crippen molar-refractivity contribution in [2.45, 2.75) is 0 Å². The van der Waals surface area contributed by atoms with Crippen LogP contribution in [0.25, 0.3) is 22.4 Å². The predicted molar refractivity (Wildman–Crippen MR) is 122 cm³/mol. The molecular formula is C24H16FN3O3S. The molecule has 2 heterocycles. The maximum atomic E-state index is 14.2. The molecule has 32 heavy (non-hydrogen) atoms. The van der Waals surface area contributed by atoms with Crippen molar-refractivity contribution < 1.29 is 19.0 Å². The second-order valence-corrected chi connectivity index (χ2v) is 7.75. The molecule has 0 aliphatic rings. The third-order valence-electron chi connectivity index (χ3n) is 4.76. The first-order chi connectivity index (χ1) is 15.6. The van der Waals surface area contributed by atoms with Gasteiger partial charge >= 0.3 is 0 Å². The number of thiazole rings is 1. The van der Waals surface area contributed by atoms with Crippen LogP contribution in [0, 0.1) is 5.82 Å². The number of phenolic OH excluding ortho intramolecular Hbond substituents is 2. The molecule has 0 amide bonds. The predicted octanol–water partition coefficient (Wildman–Crippen LogP) is 5.63. The lowest BCUT2D eigenvalue weighted by Crippen LogP contribution is -2.11. The topological polar surface area (TPSA) is 83.2 Å². The maximum Gasteiger partial charge on any atom is 0.211 e. The van der Waals surface area contributed by atoms with Crippen LogP contribution in [0.15, 0.2) is 92.7 Å². The SMILES string of the molecule is Oc1ccc(C=Nn2c(-c3cc4ccccc4o3)csc2=Nc2ccccc2F)c(O)c1. The Morgan fingerprint density at radius 3 is 2.59 bits per heavy atom. The van der Waals surface area contributed by atoms with Crippen molar-refractivity contribution in [3.05, 3.63) is 94.4 Å². The van der Waals surface area contributed by atoms with Gasteiger partial charge in [0.25, 0.3) is 0 Å². The van der Waals surface area contributed by atoms with Crippen LogP contribution in [0.2, 0.25) is 0 Å². The highest BCUT2D eigenvalue weighted by atomic mass is 32.1. The first-order valence-corrected chi connectivity index (χ1v) is 10.5. The number of aromatic hydroxyl groups is 2. The van der Waals surface area contributed by atoms with Crippen molar-refractivity contribution in [3.8, 4) is 23.0 Å². The molecule has 2 aromatic heterocycles. The summed E-state index contributed by atoms with van der Waals surface area (Å²) in [5, 5.41) is 26.9. The van der Waals surface area contributed by atoms with Crippen molar-refractivity contribution in [1.29, 1.82) is 0 Å². The monoisotopic (exact) mass is 445 g/mol. The zero-order chi connectivity index (χ0) is 22.1. The van der Waals surface area contributed by atoms with Crippen LogP contribution in [0.1, 0.15) is 5.56 Å². The molecule has 3 aromatic carbocycles. The summed E-state index contributed by atoms with van der Waals surface area (Å²) in [6, 6.07) is 20.0. The molecule has 0 bridgehead atoms. The van der Waals surface area contributed by atoms with Crippen molar-refractivity contribution in [1.82, 2.24) is 4.68 Å². The fourth-order valence-corrected chi connectivity index (χ4v) is 4.00. The molecule has 8 heteroatoms. The number of aromatic nitrogens is 1. The summed E-state index contributed by atoms with van der Waals surface area (Å²) < 4.78 is 21.7. The molecule has 0 atom stereocenters. The van der Waals surface area contributed by atoms with E-state index in [2.05, 4.69) is 10.1 Å². The van der Waals surface area contributed by atoms with E-state index in [0.29, 0.717) is 21.8 Å². The number of halogens is 1. The van der Waals surface area contributed by atoms with E-state index in [-0.39, 0.29) is 17.2 Å². The largest absolute Gasteiger partial charge is 0.508 e. The summed E-state index contributed by atoms with van der Waals surface area (Å²) in [4.78, 5) is 4.85. The zero-order valence-corrected chi connectivity index (χ0v) is 17.3. The number of hydrogen-bond donors (Lipinski definition) is 2. The maximum absolute atomic E-state index is 14.2. The summed E-state index contributed by atoms with van der Waals surface area (Å²) in [5.74, 6) is -0.0501. The van der Waals surface area contributed by atoms with Gasteiger partial charge in [0.2, 0.25) is 4.80 Å². The summed E-state index contributed by atoms with van der Waals surface area (Å²) in [7, 11) is 0. The molecule has 0 aliphatic heterocycles. The van der Waals surface area contributed by atoms with Gasteiger partial charge in [-0.3, -0.25) is 0 Å². The summed E-state index contributed by atoms with van der Waals surface area (Å²) in [5.41, 5.74) is 1.93. The number of fused-ring (bicyclic) bond motifs is 1. The summed E-state index contributed by atoms with van der Waals surface area (Å²) in [6.07, 6.45) is 1.44. The Morgan fingerprint density at radius 2 is 1.78 bits per heavy atom. The van der Waals surface area contributed by atoms with Gasteiger partial charge in [-0.05, 0) is 36.4 Å². The van der Waals surface area contributed by atoms with Gasteiger partial charge in [0.15, 0.2) is 5.76 Å². The number of phenols is 2. The number of rotatable bonds is 4. The number of para-hydroxylation sites is 2. The molecule has 158 valence electrons. The normalized spacial score (nSPS) is 12.2. The molecule has 6 nitrogen and oxygen atoms in total. The zero-order valence-electron chi connectivity index (χ0n) is 16.5. The van der Waals surface area contributed by atoms with Crippen LogP contribution in [0.5, 0.6) is 11.5 Å². The number of nitrogens with zero attached hydrogens (tertiary/aromatic N) is 3. The average Bonchev–Trinajstić information content (AvgIpc) is 3.38. The van der Waals surface area contributed by atoms with Crippen molar-refractivity contribution in [2.75, 3.05) is 0 Å². The third-order valence-corrected chi connectivity index (χ3v) is 5.57. The second-order valence-electron chi connectivity index (χ2n) is 6.91. The van der Waals surface area contributed by atoms with Crippen molar-refractivity contribution in [2.24, 2.45) is 10.1 Å². The van der Waals surface area contributed by atoms with E-state index in [0.717, 1.165) is 11.0 Å². The second kappa shape index (κ2) is 8.16. The molecule has 0 aliphatic carbocycles. The van der Waals surface area contributed by atoms with Gasteiger partial charge in [0, 0.05) is 22.4 Å². The lowest BCUT2D eigenvalue weighted by molar-refractivity contribution is 0.450. The highest BCUT2D eigenvalue weighted by Gasteiger charge is 2.13. The fourth-order valence-electron chi connectivity index (χ4n) is 3.17. The Labute approximate surface area is 185 Å². The van der Waals surface area contributed by atoms with Crippen LogP contribution in [-0.2, 0) is 0 Å². The quantitative estimate of drug-likeness (QED) is 0.352. The molecule has 0 unspecified atom stereocenters. The van der Waals surface area contributed by atoms with E-state index < -0.39 is 5.82 Å². The van der Waals surface area contributed by atoms with E-state index >= 15 is 0 Å². The first-order valence-electron chi connectivity index (χ1n) is 9.63. The van der Waals surface area contributed by atoms with Crippen molar-refractivity contribution >= 4 is 34.2 Å². The first kappa shape index (κ1) is 19.8. The smallest absolute Gasteiger partial charge is 0.211 e. The van der Waals surface area contributed by atoms with Gasteiger partial charge < -0.3 is 14.6 Å². The van der Waals surface area contributed by atoms with E-state index in [1.807, 2.05) is 35.7 Å². The van der Waals surface area contributed by atoms with Crippen LogP contribution < -0.4 is 4.80 Å². The highest BCUT2D eigenvalue weighted by molar-refractivity contribution is 7.07. The van der Waals surface area contributed by atoms with Crippen LogP contribution in [0.3, 0.4) is 0 Å². The molecule has 2 N–H and O–H groups in total. The van der Waals surface area contributed by atoms with E-state index in [9.17, 15) is 14.6 Å². The standard InChI is InChI=1S/C24H16FN3O3S/c25-18-6-2-3-7-19(18)27-24-28(26-13-16-9-10-17(29)12-21(16)30)20(14-32-24)23-11-15-5-1-4-8-22(15)31-23/h1-14,29-30H. The van der Waals surface area contributed by atoms with Crippen LogP contribution >= 0.6 is 11.3 Å². The van der Waals surface area contributed by atoms with Gasteiger partial charge in [-0.15, -0.1) is 11.3 Å². The molecule has 5 aromatic rings. The average molecular weight is 445 g/mol. The Morgan fingerprint density at radius 1 is 0.969 bits per heavy atom. The minimum atomic E-state index is -0.446. The lowest BCUT2D eigenvalue weighted by Gasteiger charge is -2.02. The molecule has 0 spiro atoms. The molecule has 5 rings (SSSR count). The molecule has 0 fully saturated rings. The Hall–Kier alpha value is -4.17. The van der Waals surface area contributed by atoms with Gasteiger partial charge in [0.05, 0.1) is 6.21 Å². The van der Waals surface area contributed by atoms with E-state index in [1.165, 1.54) is 46.5 Å². The van der Waals surface area contributed by atoms with E-state index in [4.69, 9.17) is 4.42 Å². The lowest BCUT2D eigenvalue weighted by atomic mass is 10.2. The van der Waals surface area contributed by atoms with Crippen LogP contribution in [-0.4, -0.2) is 21.1 Å². The molecule has 0 saturated heterocycles. The fraction of sp³-hybridized carbons (Fsp3) is 0. The van der Waals surface area contributed by atoms with Gasteiger partial charge in [0.1, 0.15) is 34.3 Å². The third kappa shape index (κ3) is 3.79. The Kier molecular flexibility index (Phi) is 5.04. The summed E-state index contributed by atoms with van der Waals surface area (Å²) in [6.45, 7) is 0. The number of benzene rings is 3. The number of furan rings is 1. The van der Waals surface area contributed by atoms with Gasteiger partial charge in [-0.25, -0.2) is 14.1 Å². The highest BCUT2D eigenvalue weighted by Crippen LogP contribution is 2.29. The van der Waals surface area contributed by atoms with E-state index in [1.54, 1.807) is 18.2 Å². The van der Waals surface area contributed by atoms with Gasteiger partial charge in [-0.1, -0.05) is 30.3 Å². The molecule has 0 saturated carbocycles. The summed E-state index contributed by atoms with van der Waals surface area (Å²) >= 11 is 1.28. The molecule has 0 radical (unpaired) electrons.